The summed E-state index contributed by atoms with van der Waals surface area (Å²) in [5.41, 5.74) is 19.4. The monoisotopic (exact) mass is 770 g/mol. The highest BCUT2D eigenvalue weighted by molar-refractivity contribution is 6.10. The van der Waals surface area contributed by atoms with Crippen LogP contribution in [0.4, 0.5) is 21.5 Å². The molecule has 1 spiro atoms. The van der Waals surface area contributed by atoms with Gasteiger partial charge in [0.15, 0.2) is 0 Å². The molecule has 0 saturated carbocycles. The van der Waals surface area contributed by atoms with Crippen LogP contribution in [0.25, 0.3) is 60.9 Å². The molecule has 10 aromatic rings. The maximum atomic E-state index is 14.0. The first-order chi connectivity index (χ1) is 29.6. The second-order valence-corrected chi connectivity index (χ2v) is 16.3. The summed E-state index contributed by atoms with van der Waals surface area (Å²) < 4.78 is 16.3. The lowest BCUT2D eigenvalue weighted by Crippen LogP contribution is -2.26. The van der Waals surface area contributed by atoms with Crippen LogP contribution in [0.3, 0.4) is 0 Å². The molecule has 2 nitrogen and oxygen atoms in total. The van der Waals surface area contributed by atoms with Gasteiger partial charge >= 0.3 is 0 Å². The maximum absolute atomic E-state index is 14.0. The van der Waals surface area contributed by atoms with Crippen molar-refractivity contribution in [2.75, 3.05) is 4.90 Å². The second kappa shape index (κ2) is 13.5. The Bertz CT molecular complexity index is 3260. The molecule has 12 rings (SSSR count). The number of anilines is 3. The lowest BCUT2D eigenvalue weighted by atomic mass is 9.75. The quantitative estimate of drug-likeness (QED) is 0.163. The molecule has 0 radical (unpaired) electrons. The SMILES string of the molecule is Fc1ccc(-n2c3ccccc3c3cc(-c4cccc(N(c5ccc6c(c5)C5(Cc7ccccc7C5)c5ccccc5-6)c5ccccc5-c5ccccc5)c4)ccc32)cc1. The van der Waals surface area contributed by atoms with Gasteiger partial charge in [-0.05, 0) is 136 Å². The van der Waals surface area contributed by atoms with Crippen molar-refractivity contribution in [2.45, 2.75) is 18.3 Å². The molecule has 0 atom stereocenters. The Balaban J connectivity index is 1.04. The van der Waals surface area contributed by atoms with Crippen molar-refractivity contribution < 1.29 is 4.39 Å². The highest BCUT2D eigenvalue weighted by Crippen LogP contribution is 2.57. The lowest BCUT2D eigenvalue weighted by Gasteiger charge is -2.31. The summed E-state index contributed by atoms with van der Waals surface area (Å²) in [6.45, 7) is 0. The third-order valence-electron chi connectivity index (χ3n) is 13.0. The zero-order valence-corrected chi connectivity index (χ0v) is 32.9. The van der Waals surface area contributed by atoms with E-state index in [4.69, 9.17) is 0 Å². The van der Waals surface area contributed by atoms with E-state index in [0.29, 0.717) is 0 Å². The van der Waals surface area contributed by atoms with Crippen molar-refractivity contribution in [3.63, 3.8) is 0 Å². The molecular weight excluding hydrogens is 732 g/mol. The fraction of sp³-hybridized carbons (Fsp3) is 0.0526. The van der Waals surface area contributed by atoms with E-state index < -0.39 is 0 Å². The van der Waals surface area contributed by atoms with E-state index in [1.165, 1.54) is 56.6 Å². The average molecular weight is 771 g/mol. The first-order valence-corrected chi connectivity index (χ1v) is 20.8. The van der Waals surface area contributed by atoms with Crippen LogP contribution in [0.5, 0.6) is 0 Å². The Morgan fingerprint density at radius 1 is 0.417 bits per heavy atom. The first kappa shape index (κ1) is 34.5. The van der Waals surface area contributed by atoms with Crippen molar-refractivity contribution >= 4 is 38.9 Å². The van der Waals surface area contributed by atoms with Gasteiger partial charge in [-0.1, -0.05) is 140 Å². The molecule has 0 aliphatic heterocycles. The van der Waals surface area contributed by atoms with Gasteiger partial charge in [-0.2, -0.15) is 0 Å². The van der Waals surface area contributed by atoms with E-state index in [-0.39, 0.29) is 11.2 Å². The summed E-state index contributed by atoms with van der Waals surface area (Å²) in [5.74, 6) is -0.240. The van der Waals surface area contributed by atoms with Crippen LogP contribution in [0.2, 0.25) is 0 Å². The molecule has 284 valence electrons. The highest BCUT2D eigenvalue weighted by atomic mass is 19.1. The standard InChI is InChI=1S/C57H39FN2/c58-43-26-28-44(29-27-43)60-55-24-11-8-21-50(55)51-34-40(25-32-56(51)60)39-17-12-18-45(33-39)59(54-23-10-7-19-47(54)38-13-2-1-3-14-38)46-30-31-49-48-20-6-9-22-52(48)57(53(49)35-46)36-41-15-4-5-16-42(41)37-57/h1-35H,36-37H2. The fourth-order valence-electron chi connectivity index (χ4n) is 10.4. The van der Waals surface area contributed by atoms with Crippen LogP contribution >= 0.6 is 0 Å². The van der Waals surface area contributed by atoms with Gasteiger partial charge in [0.25, 0.3) is 0 Å². The Morgan fingerprint density at radius 2 is 1.05 bits per heavy atom. The highest BCUT2D eigenvalue weighted by Gasteiger charge is 2.47. The fourth-order valence-corrected chi connectivity index (χ4v) is 10.4. The van der Waals surface area contributed by atoms with Gasteiger partial charge in [0.1, 0.15) is 5.82 Å². The summed E-state index contributed by atoms with van der Waals surface area (Å²) in [7, 11) is 0. The lowest BCUT2D eigenvalue weighted by molar-refractivity contribution is 0.563. The van der Waals surface area contributed by atoms with Crippen LogP contribution in [0, 0.1) is 5.82 Å². The summed E-state index contributed by atoms with van der Waals surface area (Å²) in [4.78, 5) is 2.46. The number of hydrogen-bond donors (Lipinski definition) is 0. The van der Waals surface area contributed by atoms with Gasteiger partial charge in [-0.15, -0.1) is 0 Å². The number of rotatable bonds is 6. The van der Waals surface area contributed by atoms with Crippen LogP contribution in [-0.2, 0) is 18.3 Å². The van der Waals surface area contributed by atoms with Crippen molar-refractivity contribution in [3.8, 4) is 39.1 Å². The Hall–Kier alpha value is -7.49. The van der Waals surface area contributed by atoms with Crippen LogP contribution in [0.1, 0.15) is 22.3 Å². The number of benzene rings is 9. The third-order valence-corrected chi connectivity index (χ3v) is 13.0. The van der Waals surface area contributed by atoms with Gasteiger partial charge < -0.3 is 9.47 Å². The molecule has 1 heterocycles. The average Bonchev–Trinajstić information content (AvgIpc) is 3.95. The number of fused-ring (bicyclic) bond motifs is 9. The normalized spacial score (nSPS) is 13.4. The predicted octanol–water partition coefficient (Wildman–Crippen LogP) is 14.8. The Kier molecular flexibility index (Phi) is 7.80. The minimum absolute atomic E-state index is 0.124. The van der Waals surface area contributed by atoms with Crippen molar-refractivity contribution in [1.82, 2.24) is 4.57 Å². The Morgan fingerprint density at radius 3 is 1.88 bits per heavy atom. The number of aromatic nitrogens is 1. The molecular formula is C57H39FN2. The summed E-state index contributed by atoms with van der Waals surface area (Å²) in [6.07, 6.45) is 1.99. The molecule has 9 aromatic carbocycles. The summed E-state index contributed by atoms with van der Waals surface area (Å²) >= 11 is 0. The van der Waals surface area contributed by atoms with E-state index >= 15 is 0 Å². The summed E-state index contributed by atoms with van der Waals surface area (Å²) in [5, 5.41) is 2.32. The zero-order chi connectivity index (χ0) is 39.8. The number of nitrogens with zero attached hydrogens (tertiary/aromatic N) is 2. The molecule has 0 bridgehead atoms. The van der Waals surface area contributed by atoms with Crippen LogP contribution < -0.4 is 4.90 Å². The van der Waals surface area contributed by atoms with Gasteiger partial charge in [-0.25, -0.2) is 4.39 Å². The van der Waals surface area contributed by atoms with E-state index in [2.05, 4.69) is 198 Å². The smallest absolute Gasteiger partial charge is 0.123 e. The minimum atomic E-state index is -0.240. The Labute approximate surface area is 349 Å². The molecule has 0 fully saturated rings. The van der Waals surface area contributed by atoms with E-state index in [0.717, 1.165) is 68.5 Å². The maximum Gasteiger partial charge on any atom is 0.123 e. The number of hydrogen-bond acceptors (Lipinski definition) is 1. The number of para-hydroxylation sites is 2. The number of halogens is 1. The van der Waals surface area contributed by atoms with Gasteiger partial charge in [0.05, 0.1) is 16.7 Å². The van der Waals surface area contributed by atoms with Crippen LogP contribution in [-0.4, -0.2) is 4.57 Å². The minimum Gasteiger partial charge on any atom is -0.310 e. The molecule has 0 amide bonds. The third kappa shape index (κ3) is 5.32. The van der Waals surface area contributed by atoms with Crippen molar-refractivity contribution in [3.05, 3.63) is 240 Å². The van der Waals surface area contributed by atoms with Gasteiger partial charge in [0.2, 0.25) is 0 Å². The molecule has 60 heavy (non-hydrogen) atoms. The molecule has 3 heteroatoms. The molecule has 0 N–H and O–H groups in total. The van der Waals surface area contributed by atoms with E-state index in [1.807, 2.05) is 12.1 Å². The van der Waals surface area contributed by atoms with E-state index in [1.54, 1.807) is 0 Å². The first-order valence-electron chi connectivity index (χ1n) is 20.8. The van der Waals surface area contributed by atoms with Gasteiger partial charge in [0, 0.05) is 38.8 Å². The molecule has 0 unspecified atom stereocenters. The molecule has 1 aromatic heterocycles. The largest absolute Gasteiger partial charge is 0.310 e. The zero-order valence-electron chi connectivity index (χ0n) is 32.9. The summed E-state index contributed by atoms with van der Waals surface area (Å²) in [6, 6.07) is 75.8. The molecule has 2 aliphatic rings. The molecule has 2 aliphatic carbocycles. The van der Waals surface area contributed by atoms with Crippen molar-refractivity contribution in [2.24, 2.45) is 0 Å². The van der Waals surface area contributed by atoms with Crippen LogP contribution in [0.15, 0.2) is 212 Å². The topological polar surface area (TPSA) is 8.17 Å². The van der Waals surface area contributed by atoms with E-state index in [9.17, 15) is 4.39 Å². The predicted molar refractivity (Wildman–Crippen MR) is 246 cm³/mol. The second-order valence-electron chi connectivity index (χ2n) is 16.3. The molecule has 0 saturated heterocycles. The van der Waals surface area contributed by atoms with Crippen molar-refractivity contribution in [1.29, 1.82) is 0 Å². The van der Waals surface area contributed by atoms with Gasteiger partial charge in [-0.3, -0.25) is 0 Å².